The zero-order chi connectivity index (χ0) is 16.4. The van der Waals surface area contributed by atoms with E-state index in [0.717, 1.165) is 25.3 Å². The van der Waals surface area contributed by atoms with E-state index in [1.807, 2.05) is 12.1 Å². The minimum Gasteiger partial charge on any atom is -0.382 e. The monoisotopic (exact) mass is 324 g/mol. The summed E-state index contributed by atoms with van der Waals surface area (Å²) in [5.74, 6) is 1.20. The van der Waals surface area contributed by atoms with E-state index >= 15 is 0 Å². The van der Waals surface area contributed by atoms with Gasteiger partial charge in [0.2, 0.25) is 0 Å². The van der Waals surface area contributed by atoms with Gasteiger partial charge in [0, 0.05) is 31.4 Å². The molecule has 1 unspecified atom stereocenters. The van der Waals surface area contributed by atoms with Crippen molar-refractivity contribution in [1.82, 2.24) is 4.90 Å². The highest BCUT2D eigenvalue weighted by molar-refractivity contribution is 5.44. The van der Waals surface area contributed by atoms with Crippen molar-refractivity contribution in [1.29, 1.82) is 0 Å². The summed E-state index contributed by atoms with van der Waals surface area (Å²) >= 11 is 0. The Bertz CT molecular complexity index is 641. The van der Waals surface area contributed by atoms with Crippen LogP contribution in [-0.4, -0.2) is 24.0 Å². The number of nitrogens with zero attached hydrogens (tertiary/aromatic N) is 1. The van der Waals surface area contributed by atoms with Crippen LogP contribution in [0.3, 0.4) is 0 Å². The van der Waals surface area contributed by atoms with Crippen molar-refractivity contribution in [2.45, 2.75) is 31.8 Å². The van der Waals surface area contributed by atoms with Crippen LogP contribution in [0.5, 0.6) is 0 Å². The molecule has 1 saturated heterocycles. The lowest BCUT2D eigenvalue weighted by Gasteiger charge is -2.48. The van der Waals surface area contributed by atoms with Gasteiger partial charge in [0.15, 0.2) is 0 Å². The normalized spacial score (nSPS) is 27.0. The van der Waals surface area contributed by atoms with Gasteiger partial charge in [0.05, 0.1) is 0 Å². The van der Waals surface area contributed by atoms with Crippen LogP contribution >= 0.6 is 0 Å². The number of nitrogens with one attached hydrogen (secondary N) is 1. The van der Waals surface area contributed by atoms with E-state index in [0.29, 0.717) is 17.9 Å². The molecule has 1 aliphatic carbocycles. The van der Waals surface area contributed by atoms with Crippen molar-refractivity contribution in [3.8, 4) is 0 Å². The molecule has 2 bridgehead atoms. The lowest BCUT2D eigenvalue weighted by atomic mass is 9.73. The molecule has 126 valence electrons. The fraction of sp³-hybridized carbons (Fsp3) is 0.429. The number of hydrogen-bond acceptors (Lipinski definition) is 2. The average Bonchev–Trinajstić information content (AvgIpc) is 2.58. The van der Waals surface area contributed by atoms with Crippen LogP contribution in [0.2, 0.25) is 0 Å². The molecular formula is C21H25FN2. The quantitative estimate of drug-likeness (QED) is 0.888. The SMILES string of the molecule is Fc1ccc(NC2[C@@H]3CCC[C@H]2CN(Cc2ccccc2)C3)cc1. The fourth-order valence-corrected chi connectivity index (χ4v) is 4.48. The summed E-state index contributed by atoms with van der Waals surface area (Å²) in [6.45, 7) is 3.37. The molecule has 0 aromatic heterocycles. The molecule has 0 spiro atoms. The lowest BCUT2D eigenvalue weighted by molar-refractivity contribution is 0.0670. The van der Waals surface area contributed by atoms with Crippen molar-refractivity contribution in [2.75, 3.05) is 18.4 Å². The van der Waals surface area contributed by atoms with Crippen molar-refractivity contribution in [3.05, 3.63) is 66.0 Å². The number of piperidine rings is 1. The van der Waals surface area contributed by atoms with Crippen molar-refractivity contribution in [2.24, 2.45) is 11.8 Å². The summed E-state index contributed by atoms with van der Waals surface area (Å²) in [5, 5.41) is 3.70. The number of likely N-dealkylation sites (tertiary alicyclic amines) is 1. The molecule has 2 aromatic carbocycles. The Morgan fingerprint density at radius 2 is 1.58 bits per heavy atom. The third-order valence-corrected chi connectivity index (χ3v) is 5.58. The molecule has 24 heavy (non-hydrogen) atoms. The standard InChI is InChI=1S/C21H25FN2/c22-19-9-11-20(12-10-19)23-21-17-7-4-8-18(21)15-24(14-17)13-16-5-2-1-3-6-16/h1-3,5-6,9-12,17-18,21,23H,4,7-8,13-15H2/t17-,18+,21?. The minimum absolute atomic E-state index is 0.168. The molecule has 2 nitrogen and oxygen atoms in total. The molecule has 1 saturated carbocycles. The zero-order valence-corrected chi connectivity index (χ0v) is 14.0. The summed E-state index contributed by atoms with van der Waals surface area (Å²) < 4.78 is 13.1. The first kappa shape index (κ1) is 15.6. The largest absolute Gasteiger partial charge is 0.382 e. The number of anilines is 1. The molecule has 1 N–H and O–H groups in total. The molecule has 0 amide bonds. The maximum Gasteiger partial charge on any atom is 0.123 e. The van der Waals surface area contributed by atoms with Gasteiger partial charge in [-0.25, -0.2) is 4.39 Å². The molecule has 2 aliphatic rings. The number of hydrogen-bond donors (Lipinski definition) is 1. The third-order valence-electron chi connectivity index (χ3n) is 5.58. The van der Waals surface area contributed by atoms with Crippen LogP contribution in [0.4, 0.5) is 10.1 Å². The van der Waals surface area contributed by atoms with Gasteiger partial charge in [0.25, 0.3) is 0 Å². The molecule has 2 fully saturated rings. The van der Waals surface area contributed by atoms with Gasteiger partial charge in [-0.15, -0.1) is 0 Å². The zero-order valence-electron chi connectivity index (χ0n) is 14.0. The van der Waals surface area contributed by atoms with Crippen LogP contribution in [0.25, 0.3) is 0 Å². The van der Waals surface area contributed by atoms with Gasteiger partial charge in [-0.3, -0.25) is 4.90 Å². The van der Waals surface area contributed by atoms with Gasteiger partial charge in [-0.1, -0.05) is 36.8 Å². The molecule has 3 atom stereocenters. The maximum atomic E-state index is 13.1. The summed E-state index contributed by atoms with van der Waals surface area (Å²) in [4.78, 5) is 2.62. The molecule has 4 rings (SSSR count). The summed E-state index contributed by atoms with van der Waals surface area (Å²) in [7, 11) is 0. The number of benzene rings is 2. The number of halogens is 1. The number of rotatable bonds is 4. The Labute approximate surface area is 143 Å². The Morgan fingerprint density at radius 3 is 2.25 bits per heavy atom. The topological polar surface area (TPSA) is 15.3 Å². The van der Waals surface area contributed by atoms with Gasteiger partial charge in [0.1, 0.15) is 5.82 Å². The van der Waals surface area contributed by atoms with Crippen molar-refractivity contribution >= 4 is 5.69 Å². The minimum atomic E-state index is -0.168. The molecule has 3 heteroatoms. The highest BCUT2D eigenvalue weighted by atomic mass is 19.1. The van der Waals surface area contributed by atoms with E-state index in [-0.39, 0.29) is 5.82 Å². The van der Waals surface area contributed by atoms with E-state index in [4.69, 9.17) is 0 Å². The highest BCUT2D eigenvalue weighted by Crippen LogP contribution is 2.37. The van der Waals surface area contributed by atoms with Gasteiger partial charge in [-0.05, 0) is 54.5 Å². The molecule has 1 aliphatic heterocycles. The number of fused-ring (bicyclic) bond motifs is 2. The van der Waals surface area contributed by atoms with E-state index < -0.39 is 0 Å². The first-order valence-electron chi connectivity index (χ1n) is 9.06. The third kappa shape index (κ3) is 3.46. The Hall–Kier alpha value is -1.87. The smallest absolute Gasteiger partial charge is 0.123 e. The second-order valence-corrected chi connectivity index (χ2v) is 7.31. The summed E-state index contributed by atoms with van der Waals surface area (Å²) in [6.07, 6.45) is 3.93. The summed E-state index contributed by atoms with van der Waals surface area (Å²) in [5.41, 5.74) is 2.45. The maximum absolute atomic E-state index is 13.1. The van der Waals surface area contributed by atoms with Crippen LogP contribution in [-0.2, 0) is 6.54 Å². The summed E-state index contributed by atoms with van der Waals surface area (Å²) in [6, 6.07) is 18.1. The first-order valence-corrected chi connectivity index (χ1v) is 9.06. The van der Waals surface area contributed by atoms with Crippen LogP contribution in [0.1, 0.15) is 24.8 Å². The van der Waals surface area contributed by atoms with Gasteiger partial charge in [-0.2, -0.15) is 0 Å². The predicted molar refractivity (Wildman–Crippen MR) is 96.4 cm³/mol. The molecule has 0 radical (unpaired) electrons. The van der Waals surface area contributed by atoms with E-state index in [1.165, 1.54) is 24.8 Å². The Kier molecular flexibility index (Phi) is 4.52. The van der Waals surface area contributed by atoms with Crippen LogP contribution in [0.15, 0.2) is 54.6 Å². The molecular weight excluding hydrogens is 299 g/mol. The van der Waals surface area contributed by atoms with Crippen LogP contribution in [0, 0.1) is 17.7 Å². The Balaban J connectivity index is 1.44. The van der Waals surface area contributed by atoms with Gasteiger partial charge >= 0.3 is 0 Å². The van der Waals surface area contributed by atoms with E-state index in [2.05, 4.69) is 40.5 Å². The first-order chi connectivity index (χ1) is 11.8. The van der Waals surface area contributed by atoms with E-state index in [9.17, 15) is 4.39 Å². The molecule has 1 heterocycles. The van der Waals surface area contributed by atoms with Crippen molar-refractivity contribution < 1.29 is 4.39 Å². The second-order valence-electron chi connectivity index (χ2n) is 7.31. The highest BCUT2D eigenvalue weighted by Gasteiger charge is 2.39. The van der Waals surface area contributed by atoms with Crippen molar-refractivity contribution in [3.63, 3.8) is 0 Å². The van der Waals surface area contributed by atoms with E-state index in [1.54, 1.807) is 12.1 Å². The fourth-order valence-electron chi connectivity index (χ4n) is 4.48. The second kappa shape index (κ2) is 6.94. The lowest BCUT2D eigenvalue weighted by Crippen LogP contribution is -2.54. The van der Waals surface area contributed by atoms with Crippen LogP contribution < -0.4 is 5.32 Å². The molecule has 2 aromatic rings. The Morgan fingerprint density at radius 1 is 0.917 bits per heavy atom. The van der Waals surface area contributed by atoms with Gasteiger partial charge < -0.3 is 5.32 Å². The average molecular weight is 324 g/mol. The predicted octanol–water partition coefficient (Wildman–Crippen LogP) is 4.54.